The number of hydrogen-bond donors (Lipinski definition) is 0. The minimum atomic E-state index is 0.141. The zero-order valence-electron chi connectivity index (χ0n) is 8.84. The lowest BCUT2D eigenvalue weighted by molar-refractivity contribution is 0.412. The van der Waals surface area contributed by atoms with Crippen LogP contribution in [0.3, 0.4) is 0 Å². The second-order valence-electron chi connectivity index (χ2n) is 4.17. The fourth-order valence-corrected chi connectivity index (χ4v) is 2.91. The monoisotopic (exact) mass is 288 g/mol. The number of hydrogen-bond acceptors (Lipinski definition) is 1. The SMILES string of the molecule is COc1ccc(C(Cl)C2CC2C)cc1Br. The highest BCUT2D eigenvalue weighted by molar-refractivity contribution is 9.10. The maximum absolute atomic E-state index is 6.40. The molecule has 0 N–H and O–H groups in total. The van der Waals surface area contributed by atoms with Gasteiger partial charge in [0.2, 0.25) is 0 Å². The Bertz CT molecular complexity index is 367. The van der Waals surface area contributed by atoms with Gasteiger partial charge < -0.3 is 4.74 Å². The number of rotatable bonds is 3. The molecule has 1 fully saturated rings. The van der Waals surface area contributed by atoms with Crippen LogP contribution in [0.1, 0.15) is 24.3 Å². The number of ether oxygens (including phenoxy) is 1. The van der Waals surface area contributed by atoms with Gasteiger partial charge in [0, 0.05) is 0 Å². The van der Waals surface area contributed by atoms with Gasteiger partial charge in [-0.15, -0.1) is 11.6 Å². The van der Waals surface area contributed by atoms with Crippen molar-refractivity contribution >= 4 is 27.5 Å². The molecule has 1 aromatic carbocycles. The van der Waals surface area contributed by atoms with Crippen LogP contribution in [0, 0.1) is 11.8 Å². The van der Waals surface area contributed by atoms with E-state index >= 15 is 0 Å². The molecule has 0 saturated heterocycles. The van der Waals surface area contributed by atoms with E-state index in [1.165, 1.54) is 12.0 Å². The van der Waals surface area contributed by atoms with Crippen molar-refractivity contribution in [3.8, 4) is 5.75 Å². The topological polar surface area (TPSA) is 9.23 Å². The molecule has 0 aromatic heterocycles. The molecule has 82 valence electrons. The molecule has 1 saturated carbocycles. The second kappa shape index (κ2) is 4.34. The maximum Gasteiger partial charge on any atom is 0.133 e. The summed E-state index contributed by atoms with van der Waals surface area (Å²) >= 11 is 9.88. The first-order chi connectivity index (χ1) is 7.13. The Morgan fingerprint density at radius 3 is 2.67 bits per heavy atom. The Balaban J connectivity index is 2.18. The summed E-state index contributed by atoms with van der Waals surface area (Å²) in [5, 5.41) is 0.141. The Morgan fingerprint density at radius 1 is 1.53 bits per heavy atom. The van der Waals surface area contributed by atoms with Crippen molar-refractivity contribution < 1.29 is 4.74 Å². The van der Waals surface area contributed by atoms with Crippen LogP contribution in [-0.2, 0) is 0 Å². The molecule has 0 heterocycles. The lowest BCUT2D eigenvalue weighted by Gasteiger charge is -2.11. The van der Waals surface area contributed by atoms with Crippen molar-refractivity contribution in [2.24, 2.45) is 11.8 Å². The molecule has 1 aliphatic rings. The van der Waals surface area contributed by atoms with Crippen LogP contribution < -0.4 is 4.74 Å². The Kier molecular flexibility index (Phi) is 3.27. The van der Waals surface area contributed by atoms with E-state index in [4.69, 9.17) is 16.3 Å². The summed E-state index contributed by atoms with van der Waals surface area (Å²) in [5.74, 6) is 2.27. The third kappa shape index (κ3) is 2.31. The van der Waals surface area contributed by atoms with Crippen molar-refractivity contribution in [3.05, 3.63) is 28.2 Å². The fraction of sp³-hybridized carbons (Fsp3) is 0.500. The molecule has 1 nitrogen and oxygen atoms in total. The van der Waals surface area contributed by atoms with Gasteiger partial charge in [-0.2, -0.15) is 0 Å². The van der Waals surface area contributed by atoms with Crippen molar-refractivity contribution in [2.45, 2.75) is 18.7 Å². The Labute approximate surface area is 104 Å². The van der Waals surface area contributed by atoms with Gasteiger partial charge in [0.15, 0.2) is 0 Å². The molecule has 0 aliphatic heterocycles. The van der Waals surface area contributed by atoms with Crippen molar-refractivity contribution in [2.75, 3.05) is 7.11 Å². The van der Waals surface area contributed by atoms with E-state index in [2.05, 4.69) is 28.9 Å². The second-order valence-corrected chi connectivity index (χ2v) is 5.50. The van der Waals surface area contributed by atoms with Gasteiger partial charge in [-0.1, -0.05) is 13.0 Å². The van der Waals surface area contributed by atoms with E-state index in [9.17, 15) is 0 Å². The number of alkyl halides is 1. The third-order valence-corrected chi connectivity index (χ3v) is 4.24. The van der Waals surface area contributed by atoms with E-state index in [1.807, 2.05) is 12.1 Å². The van der Waals surface area contributed by atoms with Gasteiger partial charge >= 0.3 is 0 Å². The molecule has 0 amide bonds. The van der Waals surface area contributed by atoms with Gasteiger partial charge in [-0.25, -0.2) is 0 Å². The van der Waals surface area contributed by atoms with Gasteiger partial charge in [-0.3, -0.25) is 0 Å². The minimum Gasteiger partial charge on any atom is -0.496 e. The number of benzene rings is 1. The van der Waals surface area contributed by atoms with Crippen LogP contribution in [0.2, 0.25) is 0 Å². The third-order valence-electron chi connectivity index (χ3n) is 3.04. The fourth-order valence-electron chi connectivity index (χ4n) is 1.86. The zero-order valence-corrected chi connectivity index (χ0v) is 11.2. The van der Waals surface area contributed by atoms with E-state index in [1.54, 1.807) is 7.11 Å². The molecule has 2 rings (SSSR count). The van der Waals surface area contributed by atoms with Crippen LogP contribution in [0.4, 0.5) is 0 Å². The van der Waals surface area contributed by atoms with Crippen LogP contribution in [0.5, 0.6) is 5.75 Å². The molecule has 1 aliphatic carbocycles. The normalized spacial score (nSPS) is 26.1. The zero-order chi connectivity index (χ0) is 11.0. The van der Waals surface area contributed by atoms with Crippen molar-refractivity contribution in [1.29, 1.82) is 0 Å². The summed E-state index contributed by atoms with van der Waals surface area (Å²) in [5.41, 5.74) is 1.18. The quantitative estimate of drug-likeness (QED) is 0.750. The molecule has 15 heavy (non-hydrogen) atoms. The smallest absolute Gasteiger partial charge is 0.133 e. The lowest BCUT2D eigenvalue weighted by atomic mass is 10.1. The van der Waals surface area contributed by atoms with E-state index in [0.29, 0.717) is 5.92 Å². The summed E-state index contributed by atoms with van der Waals surface area (Å²) in [7, 11) is 1.67. The van der Waals surface area contributed by atoms with Crippen LogP contribution in [0.25, 0.3) is 0 Å². The highest BCUT2D eigenvalue weighted by Gasteiger charge is 2.39. The van der Waals surface area contributed by atoms with Crippen molar-refractivity contribution in [3.63, 3.8) is 0 Å². The van der Waals surface area contributed by atoms with Crippen LogP contribution in [-0.4, -0.2) is 7.11 Å². The maximum atomic E-state index is 6.40. The highest BCUT2D eigenvalue weighted by Crippen LogP contribution is 2.50. The van der Waals surface area contributed by atoms with Gasteiger partial charge in [-0.05, 0) is 51.9 Å². The number of methoxy groups -OCH3 is 1. The first kappa shape index (κ1) is 11.3. The molecule has 3 atom stereocenters. The first-order valence-electron chi connectivity index (χ1n) is 5.11. The van der Waals surface area contributed by atoms with E-state index in [-0.39, 0.29) is 5.38 Å². The van der Waals surface area contributed by atoms with E-state index in [0.717, 1.165) is 16.1 Å². The average molecular weight is 290 g/mol. The van der Waals surface area contributed by atoms with Gasteiger partial charge in [0.05, 0.1) is 17.0 Å². The Morgan fingerprint density at radius 2 is 2.20 bits per heavy atom. The molecular formula is C12H14BrClO. The molecule has 0 spiro atoms. The molecule has 1 aromatic rings. The summed E-state index contributed by atoms with van der Waals surface area (Å²) in [6.45, 7) is 2.25. The van der Waals surface area contributed by atoms with Gasteiger partial charge in [0.1, 0.15) is 5.75 Å². The standard InChI is InChI=1S/C12H14BrClO/c1-7-5-9(7)12(14)8-3-4-11(15-2)10(13)6-8/h3-4,6-7,9,12H,5H2,1-2H3. The summed E-state index contributed by atoms with van der Waals surface area (Å²) < 4.78 is 6.16. The largest absolute Gasteiger partial charge is 0.496 e. The lowest BCUT2D eigenvalue weighted by Crippen LogP contribution is -1.95. The molecular weight excluding hydrogens is 275 g/mol. The minimum absolute atomic E-state index is 0.141. The van der Waals surface area contributed by atoms with Gasteiger partial charge in [0.25, 0.3) is 0 Å². The predicted molar refractivity (Wildman–Crippen MR) is 66.6 cm³/mol. The Hall–Kier alpha value is -0.210. The van der Waals surface area contributed by atoms with Crippen molar-refractivity contribution in [1.82, 2.24) is 0 Å². The summed E-state index contributed by atoms with van der Waals surface area (Å²) in [6.07, 6.45) is 1.25. The highest BCUT2D eigenvalue weighted by atomic mass is 79.9. The van der Waals surface area contributed by atoms with E-state index < -0.39 is 0 Å². The first-order valence-corrected chi connectivity index (χ1v) is 6.34. The van der Waals surface area contributed by atoms with Crippen LogP contribution >= 0.6 is 27.5 Å². The summed E-state index contributed by atoms with van der Waals surface area (Å²) in [6, 6.07) is 6.07. The molecule has 3 unspecified atom stereocenters. The average Bonchev–Trinajstić information content (AvgIpc) is 2.94. The molecule has 0 radical (unpaired) electrons. The molecule has 0 bridgehead atoms. The summed E-state index contributed by atoms with van der Waals surface area (Å²) in [4.78, 5) is 0. The molecule has 3 heteroatoms. The predicted octanol–water partition coefficient (Wildman–Crippen LogP) is 4.39. The number of halogens is 2. The van der Waals surface area contributed by atoms with Crippen LogP contribution in [0.15, 0.2) is 22.7 Å².